The largest absolute Gasteiger partial charge is 0.337 e. The molecule has 0 bridgehead atoms. The minimum absolute atomic E-state index is 0.117. The van der Waals surface area contributed by atoms with Crippen LogP contribution in [0.4, 0.5) is 0 Å². The molecule has 3 aromatic rings. The van der Waals surface area contributed by atoms with Crippen molar-refractivity contribution < 1.29 is 4.79 Å². The molecule has 29 heavy (non-hydrogen) atoms. The van der Waals surface area contributed by atoms with E-state index in [1.165, 1.54) is 11.1 Å². The van der Waals surface area contributed by atoms with Gasteiger partial charge in [-0.15, -0.1) is 0 Å². The Morgan fingerprint density at radius 1 is 0.931 bits per heavy atom. The van der Waals surface area contributed by atoms with Gasteiger partial charge < -0.3 is 4.90 Å². The van der Waals surface area contributed by atoms with E-state index in [0.717, 1.165) is 56.1 Å². The van der Waals surface area contributed by atoms with Crippen LogP contribution in [0.5, 0.6) is 0 Å². The summed E-state index contributed by atoms with van der Waals surface area (Å²) in [5, 5.41) is 4.33. The van der Waals surface area contributed by atoms with Gasteiger partial charge in [-0.25, -0.2) is 4.68 Å². The Hall–Kier alpha value is -2.92. The third-order valence-corrected chi connectivity index (χ3v) is 5.72. The van der Waals surface area contributed by atoms with Crippen molar-refractivity contribution in [3.05, 3.63) is 83.2 Å². The summed E-state index contributed by atoms with van der Waals surface area (Å²) >= 11 is 0. The Morgan fingerprint density at radius 2 is 1.72 bits per heavy atom. The van der Waals surface area contributed by atoms with E-state index < -0.39 is 0 Å². The summed E-state index contributed by atoms with van der Waals surface area (Å²) in [5.41, 5.74) is 5.49. The first-order chi connectivity index (χ1) is 14.1. The molecule has 0 N–H and O–H groups in total. The fourth-order valence-electron chi connectivity index (χ4n) is 3.93. The summed E-state index contributed by atoms with van der Waals surface area (Å²) in [4.78, 5) is 17.5. The highest BCUT2D eigenvalue weighted by Crippen LogP contribution is 2.16. The van der Waals surface area contributed by atoms with Gasteiger partial charge in [0, 0.05) is 50.2 Å². The molecule has 0 radical (unpaired) electrons. The third kappa shape index (κ3) is 4.40. The molecule has 1 fully saturated rings. The number of aryl methyl sites for hydroxylation is 2. The maximum Gasteiger partial charge on any atom is 0.253 e. The van der Waals surface area contributed by atoms with Crippen molar-refractivity contribution in [2.45, 2.75) is 26.8 Å². The van der Waals surface area contributed by atoms with Gasteiger partial charge >= 0.3 is 0 Å². The molecule has 0 spiro atoms. The lowest BCUT2D eigenvalue weighted by atomic mass is 10.1. The highest BCUT2D eigenvalue weighted by molar-refractivity contribution is 5.94. The van der Waals surface area contributed by atoms with E-state index in [9.17, 15) is 4.79 Å². The van der Waals surface area contributed by atoms with Gasteiger partial charge in [0.05, 0.1) is 5.69 Å². The summed E-state index contributed by atoms with van der Waals surface area (Å²) in [5.74, 6) is 0.117. The van der Waals surface area contributed by atoms with Crippen LogP contribution in [0, 0.1) is 13.8 Å². The van der Waals surface area contributed by atoms with Crippen LogP contribution in [-0.4, -0.2) is 51.7 Å². The molecule has 4 rings (SSSR count). The molecule has 150 valence electrons. The number of amides is 1. The van der Waals surface area contributed by atoms with Crippen molar-refractivity contribution >= 4 is 5.91 Å². The number of hydrogen-bond acceptors (Lipinski definition) is 3. The average Bonchev–Trinajstić information content (AvgIpc) is 3.03. The number of rotatable bonds is 4. The number of nitrogens with zero attached hydrogens (tertiary/aromatic N) is 4. The molecule has 2 aromatic carbocycles. The Labute approximate surface area is 172 Å². The van der Waals surface area contributed by atoms with Gasteiger partial charge in [-0.2, -0.15) is 5.10 Å². The Morgan fingerprint density at radius 3 is 2.45 bits per heavy atom. The molecule has 0 saturated carbocycles. The van der Waals surface area contributed by atoms with Crippen molar-refractivity contribution in [3.8, 4) is 5.69 Å². The zero-order valence-electron chi connectivity index (χ0n) is 17.2. The van der Waals surface area contributed by atoms with E-state index in [4.69, 9.17) is 0 Å². The zero-order valence-corrected chi connectivity index (χ0v) is 17.2. The first-order valence-corrected chi connectivity index (χ1v) is 10.3. The molecule has 5 nitrogen and oxygen atoms in total. The van der Waals surface area contributed by atoms with E-state index in [2.05, 4.69) is 41.2 Å². The molecule has 1 saturated heterocycles. The summed E-state index contributed by atoms with van der Waals surface area (Å²) in [6.45, 7) is 8.64. The summed E-state index contributed by atoms with van der Waals surface area (Å²) in [6.07, 6.45) is 2.79. The highest BCUT2D eigenvalue weighted by Gasteiger charge is 2.20. The second-order valence-electron chi connectivity index (χ2n) is 7.78. The fourth-order valence-corrected chi connectivity index (χ4v) is 3.93. The van der Waals surface area contributed by atoms with Crippen molar-refractivity contribution in [1.82, 2.24) is 19.6 Å². The Kier molecular flexibility index (Phi) is 5.76. The van der Waals surface area contributed by atoms with Crippen molar-refractivity contribution in [1.29, 1.82) is 0 Å². The van der Waals surface area contributed by atoms with Crippen LogP contribution < -0.4 is 0 Å². The fraction of sp³-hybridized carbons (Fsp3) is 0.333. The predicted octanol–water partition coefficient (Wildman–Crippen LogP) is 3.84. The molecule has 2 heterocycles. The number of carbonyl (C=O) groups is 1. The maximum atomic E-state index is 13.0. The van der Waals surface area contributed by atoms with Crippen LogP contribution >= 0.6 is 0 Å². The molecule has 1 aromatic heterocycles. The zero-order chi connectivity index (χ0) is 20.2. The van der Waals surface area contributed by atoms with Crippen molar-refractivity contribution in [2.24, 2.45) is 0 Å². The lowest BCUT2D eigenvalue weighted by Crippen LogP contribution is -2.35. The Bertz CT molecular complexity index is 977. The summed E-state index contributed by atoms with van der Waals surface area (Å²) < 4.78 is 1.88. The maximum absolute atomic E-state index is 13.0. The van der Waals surface area contributed by atoms with E-state index in [1.54, 1.807) is 6.20 Å². The van der Waals surface area contributed by atoms with Gasteiger partial charge in [0.25, 0.3) is 5.91 Å². The van der Waals surface area contributed by atoms with Gasteiger partial charge in [-0.05, 0) is 61.7 Å². The molecular formula is C24H28N4O. The van der Waals surface area contributed by atoms with Crippen LogP contribution in [0.2, 0.25) is 0 Å². The lowest BCUT2D eigenvalue weighted by molar-refractivity contribution is 0.0761. The van der Waals surface area contributed by atoms with Gasteiger partial charge in [0.2, 0.25) is 0 Å². The van der Waals surface area contributed by atoms with Crippen LogP contribution in [0.1, 0.15) is 33.6 Å². The summed E-state index contributed by atoms with van der Waals surface area (Å²) in [7, 11) is 0. The van der Waals surface area contributed by atoms with Gasteiger partial charge in [-0.3, -0.25) is 9.69 Å². The monoisotopic (exact) mass is 388 g/mol. The minimum Gasteiger partial charge on any atom is -0.337 e. The third-order valence-electron chi connectivity index (χ3n) is 5.72. The molecule has 1 aliphatic rings. The van der Waals surface area contributed by atoms with Crippen LogP contribution in [0.3, 0.4) is 0 Å². The number of hydrogen-bond donors (Lipinski definition) is 0. The highest BCUT2D eigenvalue weighted by atomic mass is 16.2. The first-order valence-electron chi connectivity index (χ1n) is 10.3. The van der Waals surface area contributed by atoms with E-state index in [1.807, 2.05) is 46.8 Å². The quantitative estimate of drug-likeness (QED) is 0.682. The van der Waals surface area contributed by atoms with Crippen LogP contribution in [0.25, 0.3) is 5.69 Å². The average molecular weight is 389 g/mol. The minimum atomic E-state index is 0.117. The molecule has 1 amide bonds. The number of aromatic nitrogens is 2. The SMILES string of the molecule is Cc1ccccc1CN1CCCN(C(=O)c2ccc(-n3nccc3C)cc2)CC1. The molecule has 0 atom stereocenters. The smallest absolute Gasteiger partial charge is 0.253 e. The standard InChI is InChI=1S/C24H28N4O/c1-19-6-3-4-7-22(19)18-26-14-5-15-27(17-16-26)24(29)21-8-10-23(11-9-21)28-20(2)12-13-25-28/h3-4,6-13H,5,14-18H2,1-2H3. The molecule has 0 unspecified atom stereocenters. The number of benzene rings is 2. The van der Waals surface area contributed by atoms with Crippen molar-refractivity contribution in [3.63, 3.8) is 0 Å². The number of carbonyl (C=O) groups excluding carboxylic acids is 1. The van der Waals surface area contributed by atoms with Gasteiger partial charge in [-0.1, -0.05) is 24.3 Å². The Balaban J connectivity index is 1.39. The second-order valence-corrected chi connectivity index (χ2v) is 7.78. The van der Waals surface area contributed by atoms with E-state index in [0.29, 0.717) is 0 Å². The van der Waals surface area contributed by atoms with Gasteiger partial charge in [0.1, 0.15) is 0 Å². The lowest BCUT2D eigenvalue weighted by Gasteiger charge is -2.23. The van der Waals surface area contributed by atoms with Crippen LogP contribution in [-0.2, 0) is 6.54 Å². The normalized spacial score (nSPS) is 15.3. The summed E-state index contributed by atoms with van der Waals surface area (Å²) in [6, 6.07) is 18.3. The van der Waals surface area contributed by atoms with E-state index in [-0.39, 0.29) is 5.91 Å². The topological polar surface area (TPSA) is 41.4 Å². The van der Waals surface area contributed by atoms with Crippen molar-refractivity contribution in [2.75, 3.05) is 26.2 Å². The molecule has 0 aliphatic carbocycles. The molecular weight excluding hydrogens is 360 g/mol. The second kappa shape index (κ2) is 8.62. The van der Waals surface area contributed by atoms with Crippen LogP contribution in [0.15, 0.2) is 60.8 Å². The molecule has 1 aliphatic heterocycles. The van der Waals surface area contributed by atoms with E-state index >= 15 is 0 Å². The first kappa shape index (κ1) is 19.4. The predicted molar refractivity (Wildman–Crippen MR) is 115 cm³/mol. The van der Waals surface area contributed by atoms with Gasteiger partial charge in [0.15, 0.2) is 0 Å². The molecule has 5 heteroatoms.